The van der Waals surface area contributed by atoms with Crippen molar-refractivity contribution in [3.05, 3.63) is 59.7 Å². The number of hydrogen-bond acceptors (Lipinski definition) is 1. The summed E-state index contributed by atoms with van der Waals surface area (Å²) in [5.41, 5.74) is 4.54. The van der Waals surface area contributed by atoms with E-state index >= 15 is 0 Å². The molecule has 2 rings (SSSR count). The van der Waals surface area contributed by atoms with Gasteiger partial charge in [0.25, 0.3) is 0 Å². The maximum atomic E-state index is 11.1. The molecule has 110 valence electrons. The summed E-state index contributed by atoms with van der Waals surface area (Å²) in [5.74, 6) is 0.542. The Hall–Kier alpha value is -1.89. The van der Waals surface area contributed by atoms with Crippen LogP contribution < -0.4 is 0 Å². The van der Waals surface area contributed by atoms with Gasteiger partial charge in [-0.2, -0.15) is 0 Å². The van der Waals surface area contributed by atoms with Crippen LogP contribution in [0.25, 0.3) is 11.1 Å². The van der Waals surface area contributed by atoms with Gasteiger partial charge < -0.3 is 0 Å². The number of rotatable bonds is 4. The van der Waals surface area contributed by atoms with Crippen LogP contribution in [0, 0.1) is 5.41 Å². The van der Waals surface area contributed by atoms with E-state index in [9.17, 15) is 4.79 Å². The molecule has 0 amide bonds. The molecule has 0 aromatic heterocycles. The van der Waals surface area contributed by atoms with Crippen LogP contribution in [-0.4, -0.2) is 6.29 Å². The van der Waals surface area contributed by atoms with E-state index in [-0.39, 0.29) is 0 Å². The molecule has 2 aromatic carbocycles. The molecule has 0 heterocycles. The average Bonchev–Trinajstić information content (AvgIpc) is 2.45. The zero-order chi connectivity index (χ0) is 15.5. The Balaban J connectivity index is 2.25. The predicted molar refractivity (Wildman–Crippen MR) is 89.8 cm³/mol. The van der Waals surface area contributed by atoms with Crippen LogP contribution in [0.1, 0.15) is 56.0 Å². The SMILES string of the molecule is CC(CC(C)(C)C)c1ccc(-c2ccccc2C=O)cc1. The molecule has 2 aromatic rings. The molecule has 1 atom stereocenters. The molecular formula is C20H24O. The quantitative estimate of drug-likeness (QED) is 0.656. The maximum absolute atomic E-state index is 11.1. The third-order valence-corrected chi connectivity index (χ3v) is 3.80. The summed E-state index contributed by atoms with van der Waals surface area (Å²) in [5, 5.41) is 0. The van der Waals surface area contributed by atoms with Gasteiger partial charge >= 0.3 is 0 Å². The van der Waals surface area contributed by atoms with Crippen molar-refractivity contribution in [3.8, 4) is 11.1 Å². The molecule has 0 saturated heterocycles. The van der Waals surface area contributed by atoms with Gasteiger partial charge in [0.05, 0.1) is 0 Å². The van der Waals surface area contributed by atoms with Gasteiger partial charge in [0, 0.05) is 5.56 Å². The van der Waals surface area contributed by atoms with E-state index in [2.05, 4.69) is 52.0 Å². The number of carbonyl (C=O) groups is 1. The van der Waals surface area contributed by atoms with Gasteiger partial charge in [0.15, 0.2) is 6.29 Å². The molecular weight excluding hydrogens is 256 g/mol. The zero-order valence-corrected chi connectivity index (χ0v) is 13.4. The second kappa shape index (κ2) is 6.26. The molecule has 0 aliphatic rings. The highest BCUT2D eigenvalue weighted by Crippen LogP contribution is 2.32. The molecule has 0 radical (unpaired) electrons. The van der Waals surface area contributed by atoms with Crippen molar-refractivity contribution in [1.82, 2.24) is 0 Å². The minimum Gasteiger partial charge on any atom is -0.298 e. The minimum absolute atomic E-state index is 0.336. The number of aldehydes is 1. The predicted octanol–water partition coefficient (Wildman–Crippen LogP) is 5.71. The lowest BCUT2D eigenvalue weighted by Crippen LogP contribution is -2.09. The molecule has 0 saturated carbocycles. The first-order valence-corrected chi connectivity index (χ1v) is 7.55. The summed E-state index contributed by atoms with van der Waals surface area (Å²) in [7, 11) is 0. The lowest BCUT2D eigenvalue weighted by Gasteiger charge is -2.23. The van der Waals surface area contributed by atoms with E-state index in [4.69, 9.17) is 0 Å². The van der Waals surface area contributed by atoms with Crippen LogP contribution in [0.5, 0.6) is 0 Å². The van der Waals surface area contributed by atoms with E-state index in [1.54, 1.807) is 0 Å². The van der Waals surface area contributed by atoms with Gasteiger partial charge in [0.2, 0.25) is 0 Å². The van der Waals surface area contributed by atoms with Crippen LogP contribution in [0.2, 0.25) is 0 Å². The fourth-order valence-corrected chi connectivity index (χ4v) is 2.89. The first-order valence-electron chi connectivity index (χ1n) is 7.55. The van der Waals surface area contributed by atoms with Crippen LogP contribution >= 0.6 is 0 Å². The van der Waals surface area contributed by atoms with Gasteiger partial charge in [-0.25, -0.2) is 0 Å². The Morgan fingerprint density at radius 3 is 2.19 bits per heavy atom. The molecule has 0 N–H and O–H groups in total. The second-order valence-electron chi connectivity index (χ2n) is 6.99. The number of hydrogen-bond donors (Lipinski definition) is 0. The van der Waals surface area contributed by atoms with Crippen LogP contribution in [0.4, 0.5) is 0 Å². The summed E-state index contributed by atoms with van der Waals surface area (Å²) in [6.07, 6.45) is 2.09. The normalized spacial score (nSPS) is 13.0. The highest BCUT2D eigenvalue weighted by molar-refractivity contribution is 5.87. The first-order chi connectivity index (χ1) is 9.90. The first kappa shape index (κ1) is 15.5. The van der Waals surface area contributed by atoms with Crippen molar-refractivity contribution in [2.75, 3.05) is 0 Å². The van der Waals surface area contributed by atoms with Gasteiger partial charge in [-0.15, -0.1) is 0 Å². The molecule has 1 unspecified atom stereocenters. The van der Waals surface area contributed by atoms with Gasteiger partial charge in [-0.3, -0.25) is 4.79 Å². The highest BCUT2D eigenvalue weighted by Gasteiger charge is 2.16. The minimum atomic E-state index is 0.336. The lowest BCUT2D eigenvalue weighted by molar-refractivity contribution is 0.112. The van der Waals surface area contributed by atoms with Crippen molar-refractivity contribution < 1.29 is 4.79 Å². The van der Waals surface area contributed by atoms with Crippen LogP contribution in [0.15, 0.2) is 48.5 Å². The lowest BCUT2D eigenvalue weighted by atomic mass is 9.82. The fraction of sp³-hybridized carbons (Fsp3) is 0.350. The smallest absolute Gasteiger partial charge is 0.150 e. The molecule has 1 nitrogen and oxygen atoms in total. The van der Waals surface area contributed by atoms with E-state index in [0.29, 0.717) is 11.3 Å². The third kappa shape index (κ3) is 4.04. The molecule has 21 heavy (non-hydrogen) atoms. The largest absolute Gasteiger partial charge is 0.298 e. The Kier molecular flexibility index (Phi) is 4.62. The highest BCUT2D eigenvalue weighted by atomic mass is 16.1. The Morgan fingerprint density at radius 2 is 1.62 bits per heavy atom. The maximum Gasteiger partial charge on any atom is 0.150 e. The number of carbonyl (C=O) groups excluding carboxylic acids is 1. The van der Waals surface area contributed by atoms with Gasteiger partial charge in [0.1, 0.15) is 0 Å². The Bertz CT molecular complexity index is 602. The Morgan fingerprint density at radius 1 is 1.00 bits per heavy atom. The van der Waals surface area contributed by atoms with E-state index < -0.39 is 0 Å². The van der Waals surface area contributed by atoms with Gasteiger partial charge in [-0.05, 0) is 34.4 Å². The molecule has 0 aliphatic heterocycles. The van der Waals surface area contributed by atoms with Crippen LogP contribution in [0.3, 0.4) is 0 Å². The topological polar surface area (TPSA) is 17.1 Å². The summed E-state index contributed by atoms with van der Waals surface area (Å²) in [6, 6.07) is 16.3. The molecule has 1 heteroatoms. The summed E-state index contributed by atoms with van der Waals surface area (Å²) < 4.78 is 0. The summed E-state index contributed by atoms with van der Waals surface area (Å²) >= 11 is 0. The zero-order valence-electron chi connectivity index (χ0n) is 13.4. The molecule has 0 bridgehead atoms. The summed E-state index contributed by atoms with van der Waals surface area (Å²) in [4.78, 5) is 11.1. The molecule has 0 aliphatic carbocycles. The van der Waals surface area contributed by atoms with E-state index in [1.165, 1.54) is 5.56 Å². The van der Waals surface area contributed by atoms with Crippen LogP contribution in [-0.2, 0) is 0 Å². The standard InChI is InChI=1S/C20H24O/c1-15(13-20(2,3)4)16-9-11-17(12-10-16)19-8-6-5-7-18(19)14-21/h5-12,14-15H,13H2,1-4H3. The number of benzene rings is 2. The monoisotopic (exact) mass is 280 g/mol. The van der Waals surface area contributed by atoms with E-state index in [0.717, 1.165) is 29.4 Å². The average molecular weight is 280 g/mol. The second-order valence-corrected chi connectivity index (χ2v) is 6.99. The molecule has 0 fully saturated rings. The molecule has 0 spiro atoms. The van der Waals surface area contributed by atoms with E-state index in [1.807, 2.05) is 24.3 Å². The summed E-state index contributed by atoms with van der Waals surface area (Å²) in [6.45, 7) is 9.11. The van der Waals surface area contributed by atoms with Crippen molar-refractivity contribution in [2.45, 2.75) is 40.0 Å². The van der Waals surface area contributed by atoms with Crippen molar-refractivity contribution >= 4 is 6.29 Å². The van der Waals surface area contributed by atoms with Crippen molar-refractivity contribution in [3.63, 3.8) is 0 Å². The fourth-order valence-electron chi connectivity index (χ4n) is 2.89. The van der Waals surface area contributed by atoms with Crippen molar-refractivity contribution in [1.29, 1.82) is 0 Å². The third-order valence-electron chi connectivity index (χ3n) is 3.80. The Labute approximate surface area is 128 Å². The van der Waals surface area contributed by atoms with Gasteiger partial charge in [-0.1, -0.05) is 76.2 Å². The van der Waals surface area contributed by atoms with Crippen molar-refractivity contribution in [2.24, 2.45) is 5.41 Å².